The van der Waals surface area contributed by atoms with E-state index in [1.165, 1.54) is 36.3 Å². The summed E-state index contributed by atoms with van der Waals surface area (Å²) in [4.78, 5) is 40.0. The second-order valence-electron chi connectivity index (χ2n) is 9.00. The smallest absolute Gasteiger partial charge is 0.407 e. The first-order valence-electron chi connectivity index (χ1n) is 11.3. The van der Waals surface area contributed by atoms with Crippen LogP contribution in [0.25, 0.3) is 11.1 Å². The lowest BCUT2D eigenvalue weighted by atomic mass is 9.94. The number of amides is 2. The predicted molar refractivity (Wildman–Crippen MR) is 133 cm³/mol. The SMILES string of the molecule is CC(C)(CNC(=O)c1csc(CCNC(=O)OCC2c3ccccc3-c3ccccc32)n1)C(=O)O. The molecule has 8 nitrogen and oxygen atoms in total. The predicted octanol–water partition coefficient (Wildman–Crippen LogP) is 4.06. The van der Waals surface area contributed by atoms with Crippen LogP contribution in [-0.2, 0) is 16.0 Å². The van der Waals surface area contributed by atoms with Crippen molar-refractivity contribution in [2.75, 3.05) is 19.7 Å². The van der Waals surface area contributed by atoms with E-state index in [2.05, 4.69) is 39.9 Å². The van der Waals surface area contributed by atoms with Crippen LogP contribution in [0.4, 0.5) is 4.79 Å². The summed E-state index contributed by atoms with van der Waals surface area (Å²) in [6.07, 6.45) is -0.0553. The van der Waals surface area contributed by atoms with Crippen molar-refractivity contribution in [3.05, 3.63) is 75.7 Å². The molecule has 1 aliphatic carbocycles. The van der Waals surface area contributed by atoms with Crippen molar-refractivity contribution in [3.8, 4) is 11.1 Å². The van der Waals surface area contributed by atoms with Crippen molar-refractivity contribution < 1.29 is 24.2 Å². The fourth-order valence-electron chi connectivity index (χ4n) is 3.92. The van der Waals surface area contributed by atoms with Gasteiger partial charge in [0, 0.05) is 30.8 Å². The second-order valence-corrected chi connectivity index (χ2v) is 9.94. The number of carbonyl (C=O) groups is 3. The molecule has 0 radical (unpaired) electrons. The van der Waals surface area contributed by atoms with Crippen molar-refractivity contribution in [1.29, 1.82) is 0 Å². The molecule has 0 unspecified atom stereocenters. The molecule has 1 aliphatic rings. The lowest BCUT2D eigenvalue weighted by Crippen LogP contribution is -2.39. The fraction of sp³-hybridized carbons (Fsp3) is 0.308. The van der Waals surface area contributed by atoms with Crippen molar-refractivity contribution in [2.45, 2.75) is 26.2 Å². The van der Waals surface area contributed by atoms with Crippen LogP contribution >= 0.6 is 11.3 Å². The summed E-state index contributed by atoms with van der Waals surface area (Å²) in [6.45, 7) is 3.64. The van der Waals surface area contributed by atoms with E-state index in [0.29, 0.717) is 18.0 Å². The lowest BCUT2D eigenvalue weighted by Gasteiger charge is -2.18. The number of hydrogen-bond donors (Lipinski definition) is 3. The van der Waals surface area contributed by atoms with Gasteiger partial charge in [0.1, 0.15) is 12.3 Å². The number of ether oxygens (including phenoxy) is 1. The number of thiazole rings is 1. The van der Waals surface area contributed by atoms with E-state index in [4.69, 9.17) is 9.84 Å². The highest BCUT2D eigenvalue weighted by Crippen LogP contribution is 2.44. The van der Waals surface area contributed by atoms with Gasteiger partial charge in [0.15, 0.2) is 0 Å². The van der Waals surface area contributed by atoms with Gasteiger partial charge in [-0.05, 0) is 36.1 Å². The number of carboxylic acid groups (broad SMARTS) is 1. The zero-order chi connectivity index (χ0) is 25.0. The third-order valence-electron chi connectivity index (χ3n) is 6.01. The normalized spacial score (nSPS) is 12.5. The van der Waals surface area contributed by atoms with Crippen molar-refractivity contribution >= 4 is 29.3 Å². The van der Waals surface area contributed by atoms with Gasteiger partial charge >= 0.3 is 12.1 Å². The highest BCUT2D eigenvalue weighted by molar-refractivity contribution is 7.09. The first-order chi connectivity index (χ1) is 16.8. The molecular formula is C26H27N3O5S. The molecule has 4 rings (SSSR count). The van der Waals surface area contributed by atoms with Crippen LogP contribution in [0, 0.1) is 5.41 Å². The number of carbonyl (C=O) groups excluding carboxylic acids is 2. The van der Waals surface area contributed by atoms with E-state index in [0.717, 1.165) is 11.1 Å². The highest BCUT2D eigenvalue weighted by atomic mass is 32.1. The Labute approximate surface area is 207 Å². The Balaban J connectivity index is 1.24. The zero-order valence-electron chi connectivity index (χ0n) is 19.5. The number of fused-ring (bicyclic) bond motifs is 3. The highest BCUT2D eigenvalue weighted by Gasteiger charge is 2.29. The van der Waals surface area contributed by atoms with Crippen LogP contribution < -0.4 is 10.6 Å². The number of alkyl carbamates (subject to hydrolysis) is 1. The topological polar surface area (TPSA) is 118 Å². The Kier molecular flexibility index (Phi) is 7.16. The Hall–Kier alpha value is -3.72. The van der Waals surface area contributed by atoms with Gasteiger partial charge in [0.2, 0.25) is 0 Å². The summed E-state index contributed by atoms with van der Waals surface area (Å²) in [7, 11) is 0. The molecule has 0 aliphatic heterocycles. The van der Waals surface area contributed by atoms with E-state index in [-0.39, 0.29) is 24.8 Å². The molecule has 0 atom stereocenters. The summed E-state index contributed by atoms with van der Waals surface area (Å²) in [6, 6.07) is 16.3. The number of hydrogen-bond acceptors (Lipinski definition) is 6. The molecule has 0 saturated carbocycles. The number of benzene rings is 2. The quantitative estimate of drug-likeness (QED) is 0.414. The molecule has 0 fully saturated rings. The molecule has 3 aromatic rings. The van der Waals surface area contributed by atoms with Crippen molar-refractivity contribution in [1.82, 2.24) is 15.6 Å². The number of nitrogens with one attached hydrogen (secondary N) is 2. The molecule has 2 aromatic carbocycles. The lowest BCUT2D eigenvalue weighted by molar-refractivity contribution is -0.146. The Bertz CT molecular complexity index is 1210. The molecule has 0 saturated heterocycles. The molecule has 2 amide bonds. The number of aliphatic carboxylic acids is 1. The van der Waals surface area contributed by atoms with Crippen LogP contribution in [0.5, 0.6) is 0 Å². The summed E-state index contributed by atoms with van der Waals surface area (Å²) < 4.78 is 5.53. The molecule has 1 heterocycles. The standard InChI is InChI=1S/C26H27N3O5S/c1-26(2,24(31)32)15-28-23(30)21-14-35-22(29-21)11-12-27-25(33)34-13-20-18-9-5-3-7-16(18)17-8-4-6-10-19(17)20/h3-10,14,20H,11-13,15H2,1-2H3,(H,27,33)(H,28,30)(H,31,32). The van der Waals surface area contributed by atoms with Gasteiger partial charge in [-0.25, -0.2) is 9.78 Å². The molecule has 3 N–H and O–H groups in total. The number of aromatic nitrogens is 1. The third-order valence-corrected chi connectivity index (χ3v) is 6.91. The third kappa shape index (κ3) is 5.51. The molecule has 0 bridgehead atoms. The summed E-state index contributed by atoms with van der Waals surface area (Å²) >= 11 is 1.31. The average Bonchev–Trinajstić information content (AvgIpc) is 3.44. The first-order valence-corrected chi connectivity index (χ1v) is 12.2. The Morgan fingerprint density at radius 1 is 1.03 bits per heavy atom. The van der Waals surface area contributed by atoms with Crippen LogP contribution in [0.3, 0.4) is 0 Å². The molecule has 1 aromatic heterocycles. The number of carboxylic acids is 1. The zero-order valence-corrected chi connectivity index (χ0v) is 20.4. The average molecular weight is 494 g/mol. The fourth-order valence-corrected chi connectivity index (χ4v) is 4.70. The molecule has 9 heteroatoms. The van der Waals surface area contributed by atoms with Crippen LogP contribution in [0.2, 0.25) is 0 Å². The summed E-state index contributed by atoms with van der Waals surface area (Å²) in [5.74, 6) is -1.42. The van der Waals surface area contributed by atoms with Gasteiger partial charge in [0.05, 0.1) is 10.4 Å². The van der Waals surface area contributed by atoms with Gasteiger partial charge in [-0.3, -0.25) is 9.59 Å². The number of rotatable bonds is 9. The van der Waals surface area contributed by atoms with Crippen molar-refractivity contribution in [3.63, 3.8) is 0 Å². The Morgan fingerprint density at radius 3 is 2.29 bits per heavy atom. The monoisotopic (exact) mass is 493 g/mol. The molecule has 0 spiro atoms. The molecule has 182 valence electrons. The largest absolute Gasteiger partial charge is 0.481 e. The van der Waals surface area contributed by atoms with Gasteiger partial charge in [-0.2, -0.15) is 0 Å². The first kappa shape index (κ1) is 24.4. The summed E-state index contributed by atoms with van der Waals surface area (Å²) in [5, 5.41) is 16.8. The van der Waals surface area contributed by atoms with Gasteiger partial charge in [0.25, 0.3) is 5.91 Å². The number of nitrogens with zero attached hydrogens (tertiary/aromatic N) is 1. The minimum atomic E-state index is -1.07. The van der Waals surface area contributed by atoms with Gasteiger partial charge in [-0.15, -0.1) is 11.3 Å². The van der Waals surface area contributed by atoms with Crippen molar-refractivity contribution in [2.24, 2.45) is 5.41 Å². The minimum Gasteiger partial charge on any atom is -0.481 e. The van der Waals surface area contributed by atoms with Crippen LogP contribution in [-0.4, -0.2) is 47.8 Å². The van der Waals surface area contributed by atoms with E-state index in [1.807, 2.05) is 24.3 Å². The van der Waals surface area contributed by atoms with Crippen LogP contribution in [0.15, 0.2) is 53.9 Å². The van der Waals surface area contributed by atoms with Crippen LogP contribution in [0.1, 0.15) is 46.4 Å². The summed E-state index contributed by atoms with van der Waals surface area (Å²) in [5.41, 5.74) is 3.82. The van der Waals surface area contributed by atoms with Gasteiger partial charge in [-0.1, -0.05) is 48.5 Å². The molecule has 35 heavy (non-hydrogen) atoms. The van der Waals surface area contributed by atoms with E-state index < -0.39 is 23.4 Å². The van der Waals surface area contributed by atoms with E-state index >= 15 is 0 Å². The second kappa shape index (κ2) is 10.3. The minimum absolute atomic E-state index is 0.000659. The van der Waals surface area contributed by atoms with E-state index in [9.17, 15) is 14.4 Å². The maximum absolute atomic E-state index is 12.3. The molecular weight excluding hydrogens is 466 g/mol. The maximum Gasteiger partial charge on any atom is 0.407 e. The Morgan fingerprint density at radius 2 is 1.66 bits per heavy atom. The maximum atomic E-state index is 12.3. The van der Waals surface area contributed by atoms with Gasteiger partial charge < -0.3 is 20.5 Å². The van der Waals surface area contributed by atoms with E-state index in [1.54, 1.807) is 5.38 Å².